The van der Waals surface area contributed by atoms with E-state index in [1.54, 1.807) is 34.7 Å². The number of carbonyl (C=O) groups excluding carboxylic acids is 1. The molecular formula is C23H22N8O2S. The van der Waals surface area contributed by atoms with Gasteiger partial charge in [0.05, 0.1) is 29.3 Å². The Morgan fingerprint density at radius 2 is 2.26 bits per heavy atom. The van der Waals surface area contributed by atoms with E-state index >= 15 is 0 Å². The summed E-state index contributed by atoms with van der Waals surface area (Å²) in [6.07, 6.45) is 6.75. The number of aromatic amines is 1. The predicted molar refractivity (Wildman–Crippen MR) is 129 cm³/mol. The molecule has 0 spiro atoms. The third kappa shape index (κ3) is 3.83. The topological polar surface area (TPSA) is 123 Å². The number of fused-ring (bicyclic) bond motifs is 4. The molecule has 1 aliphatic carbocycles. The molecule has 0 fully saturated rings. The summed E-state index contributed by atoms with van der Waals surface area (Å²) in [4.78, 5) is 23.5. The highest BCUT2D eigenvalue weighted by Gasteiger charge is 2.27. The third-order valence-corrected chi connectivity index (χ3v) is 7.28. The van der Waals surface area contributed by atoms with Crippen LogP contribution in [0.2, 0.25) is 0 Å². The van der Waals surface area contributed by atoms with Crippen molar-refractivity contribution in [3.05, 3.63) is 59.1 Å². The minimum Gasteiger partial charge on any atom is -0.446 e. The summed E-state index contributed by atoms with van der Waals surface area (Å²) in [7, 11) is 1.84. The lowest BCUT2D eigenvalue weighted by Gasteiger charge is -2.22. The highest BCUT2D eigenvalue weighted by molar-refractivity contribution is 7.19. The second kappa shape index (κ2) is 8.41. The summed E-state index contributed by atoms with van der Waals surface area (Å²) < 4.78 is 7.43. The van der Waals surface area contributed by atoms with Gasteiger partial charge in [-0.2, -0.15) is 10.2 Å². The number of ether oxygens (including phenoxy) is 1. The smallest absolute Gasteiger partial charge is 0.407 e. The molecule has 4 heterocycles. The van der Waals surface area contributed by atoms with Crippen molar-refractivity contribution in [2.45, 2.75) is 31.9 Å². The van der Waals surface area contributed by atoms with Gasteiger partial charge in [0.15, 0.2) is 0 Å². The van der Waals surface area contributed by atoms with Gasteiger partial charge in [-0.25, -0.2) is 14.8 Å². The average Bonchev–Trinajstić information content (AvgIpc) is 3.55. The predicted octanol–water partition coefficient (Wildman–Crippen LogP) is 3.83. The first-order valence-electron chi connectivity index (χ1n) is 11.0. The Morgan fingerprint density at radius 1 is 1.32 bits per heavy atom. The van der Waals surface area contributed by atoms with Gasteiger partial charge in [0, 0.05) is 35.6 Å². The molecule has 1 aliphatic rings. The van der Waals surface area contributed by atoms with Crippen molar-refractivity contribution < 1.29 is 9.53 Å². The number of hydrogen-bond donors (Lipinski definition) is 3. The molecule has 34 heavy (non-hydrogen) atoms. The quantitative estimate of drug-likeness (QED) is 0.354. The fourth-order valence-corrected chi connectivity index (χ4v) is 5.61. The Morgan fingerprint density at radius 3 is 3.15 bits per heavy atom. The number of aryl methyl sites for hydroxylation is 2. The second-order valence-corrected chi connectivity index (χ2v) is 9.36. The van der Waals surface area contributed by atoms with Crippen LogP contribution in [0.15, 0.2) is 43.0 Å². The van der Waals surface area contributed by atoms with Gasteiger partial charge >= 0.3 is 6.09 Å². The normalized spacial score (nSPS) is 15.4. The minimum absolute atomic E-state index is 0.167. The molecule has 6 rings (SSSR count). The zero-order valence-corrected chi connectivity index (χ0v) is 19.2. The van der Waals surface area contributed by atoms with Gasteiger partial charge in [0.1, 0.15) is 23.1 Å². The average molecular weight is 475 g/mol. The zero-order valence-electron chi connectivity index (χ0n) is 18.4. The molecule has 0 bridgehead atoms. The molecule has 0 saturated carbocycles. The van der Waals surface area contributed by atoms with Gasteiger partial charge in [-0.05, 0) is 42.7 Å². The van der Waals surface area contributed by atoms with Crippen LogP contribution in [0.1, 0.15) is 22.6 Å². The second-order valence-electron chi connectivity index (χ2n) is 8.27. The molecule has 11 heteroatoms. The lowest BCUT2D eigenvalue weighted by Crippen LogP contribution is -2.32. The lowest BCUT2D eigenvalue weighted by atomic mass is 9.94. The molecule has 1 atom stereocenters. The van der Waals surface area contributed by atoms with Gasteiger partial charge < -0.3 is 15.4 Å². The molecule has 172 valence electrons. The van der Waals surface area contributed by atoms with Crippen LogP contribution < -0.4 is 10.6 Å². The Kier molecular flexibility index (Phi) is 5.10. The summed E-state index contributed by atoms with van der Waals surface area (Å²) in [5.41, 5.74) is 4.08. The number of aromatic nitrogens is 6. The molecule has 5 aromatic rings. The minimum atomic E-state index is -0.410. The van der Waals surface area contributed by atoms with Crippen molar-refractivity contribution in [3.63, 3.8) is 0 Å². The fraction of sp³-hybridized carbons (Fsp3) is 0.261. The maximum atomic E-state index is 12.3. The number of alkyl carbamates (subject to hydrolysis) is 1. The van der Waals surface area contributed by atoms with Crippen molar-refractivity contribution in [2.75, 3.05) is 5.32 Å². The van der Waals surface area contributed by atoms with Gasteiger partial charge in [0.25, 0.3) is 0 Å². The fourth-order valence-electron chi connectivity index (χ4n) is 4.36. The number of thiophene rings is 1. The number of benzene rings is 1. The van der Waals surface area contributed by atoms with Crippen LogP contribution in [0.25, 0.3) is 21.1 Å². The summed E-state index contributed by atoms with van der Waals surface area (Å²) in [5, 5.41) is 19.5. The first kappa shape index (κ1) is 20.6. The lowest BCUT2D eigenvalue weighted by molar-refractivity contribution is 0.0897. The Balaban J connectivity index is 1.18. The number of hydrogen-bond acceptors (Lipinski definition) is 8. The van der Waals surface area contributed by atoms with Crippen molar-refractivity contribution in [3.8, 4) is 0 Å². The van der Waals surface area contributed by atoms with Crippen molar-refractivity contribution in [1.82, 2.24) is 35.3 Å². The summed E-state index contributed by atoms with van der Waals surface area (Å²) in [5.74, 6) is 0.790. The van der Waals surface area contributed by atoms with E-state index in [4.69, 9.17) is 4.74 Å². The number of rotatable bonds is 5. The van der Waals surface area contributed by atoms with E-state index in [9.17, 15) is 4.79 Å². The molecule has 10 nitrogen and oxygen atoms in total. The maximum Gasteiger partial charge on any atom is 0.407 e. The van der Waals surface area contributed by atoms with E-state index in [1.807, 2.05) is 31.3 Å². The monoisotopic (exact) mass is 474 g/mol. The summed E-state index contributed by atoms with van der Waals surface area (Å²) >= 11 is 1.64. The van der Waals surface area contributed by atoms with E-state index in [0.29, 0.717) is 13.0 Å². The molecular weight excluding hydrogens is 452 g/mol. The molecule has 0 saturated heterocycles. The molecule has 1 amide bonds. The van der Waals surface area contributed by atoms with Gasteiger partial charge in [-0.1, -0.05) is 0 Å². The molecule has 0 radical (unpaired) electrons. The van der Waals surface area contributed by atoms with E-state index in [2.05, 4.69) is 35.9 Å². The molecule has 0 aliphatic heterocycles. The molecule has 4 aromatic heterocycles. The molecule has 1 unspecified atom stereocenters. The van der Waals surface area contributed by atoms with Crippen LogP contribution in [0.4, 0.5) is 16.3 Å². The summed E-state index contributed by atoms with van der Waals surface area (Å²) in [6, 6.07) is 7.90. The number of amides is 1. The van der Waals surface area contributed by atoms with Gasteiger partial charge in [0.2, 0.25) is 0 Å². The Labute approximate surface area is 198 Å². The highest BCUT2D eigenvalue weighted by atomic mass is 32.1. The standard InChI is InChI=1S/C23H22N8O2S/c1-31-15(6-7-28-31)11-24-23(32)33-16-3-4-17-19(9-16)34-22-20(17)21(25-12-26-22)29-14-2-5-18-13(8-14)10-27-30-18/h2,5-8,10,12,16H,3-4,9,11H2,1H3,(H,24,32)(H,27,30)(H,25,26,29). The van der Waals surface area contributed by atoms with Gasteiger partial charge in [-0.3, -0.25) is 9.78 Å². The van der Waals surface area contributed by atoms with Crippen molar-refractivity contribution in [1.29, 1.82) is 0 Å². The van der Waals surface area contributed by atoms with E-state index < -0.39 is 6.09 Å². The van der Waals surface area contributed by atoms with Crippen LogP contribution in [-0.4, -0.2) is 42.1 Å². The van der Waals surface area contributed by atoms with Crippen LogP contribution in [0.3, 0.4) is 0 Å². The first-order valence-corrected chi connectivity index (χ1v) is 11.8. The third-order valence-electron chi connectivity index (χ3n) is 6.11. The first-order chi connectivity index (χ1) is 16.6. The number of H-pyrrole nitrogens is 1. The molecule has 3 N–H and O–H groups in total. The van der Waals surface area contributed by atoms with E-state index in [0.717, 1.165) is 51.2 Å². The Bertz CT molecular complexity index is 1500. The van der Waals surface area contributed by atoms with Crippen molar-refractivity contribution >= 4 is 50.1 Å². The number of nitrogens with one attached hydrogen (secondary N) is 3. The largest absolute Gasteiger partial charge is 0.446 e. The zero-order chi connectivity index (χ0) is 23.1. The van der Waals surface area contributed by atoms with Crippen LogP contribution >= 0.6 is 11.3 Å². The number of anilines is 2. The van der Waals surface area contributed by atoms with Crippen molar-refractivity contribution in [2.24, 2.45) is 7.05 Å². The maximum absolute atomic E-state index is 12.3. The SMILES string of the molecule is Cn1nccc1CNC(=O)OC1CCc2c(sc3ncnc(Nc4ccc5[nH]ncc5c4)c23)C1. The summed E-state index contributed by atoms with van der Waals surface area (Å²) in [6.45, 7) is 0.380. The van der Waals surface area contributed by atoms with Crippen LogP contribution in [0, 0.1) is 0 Å². The molecule has 1 aromatic carbocycles. The number of carbonyl (C=O) groups is 1. The van der Waals surface area contributed by atoms with Crippen LogP contribution in [0.5, 0.6) is 0 Å². The van der Waals surface area contributed by atoms with E-state index in [1.165, 1.54) is 10.4 Å². The van der Waals surface area contributed by atoms with Crippen LogP contribution in [-0.2, 0) is 31.2 Å². The van der Waals surface area contributed by atoms with E-state index in [-0.39, 0.29) is 6.10 Å². The highest BCUT2D eigenvalue weighted by Crippen LogP contribution is 2.39. The Hall–Kier alpha value is -3.99. The van der Waals surface area contributed by atoms with Gasteiger partial charge in [-0.15, -0.1) is 11.3 Å². The number of nitrogens with zero attached hydrogens (tertiary/aromatic N) is 5.